The van der Waals surface area contributed by atoms with Crippen molar-refractivity contribution in [3.8, 4) is 27.9 Å². The molecule has 3 nitrogen and oxygen atoms in total. The number of aryl methyl sites for hydroxylation is 2. The van der Waals surface area contributed by atoms with Gasteiger partial charge < -0.3 is 14.4 Å². The monoisotopic (exact) mass is 797 g/mol. The van der Waals surface area contributed by atoms with Gasteiger partial charge in [0.2, 0.25) is 0 Å². The summed E-state index contributed by atoms with van der Waals surface area (Å²) in [6.07, 6.45) is 0. The number of nitrogens with zero attached hydrogens (tertiary/aromatic N) is 3. The minimum Gasteiger partial charge on any atom is -0.310 e. The standard InChI is InChI=1S/C59H47N3/c1-40-18-26-45(27-19-40)60(49-34-36-56-53(38-49)51-14-8-10-16-55(51)59(56,3)4)47-30-22-42(23-31-47)43-24-32-48(33-25-43)61(46-28-20-41(2)21-29-46)50-35-37-58-54(39-50)52-15-9-11-17-57(52)62(58)44-12-6-5-7-13-44/h5-39H,1-4H3. The fourth-order valence-electron chi connectivity index (χ4n) is 9.69. The van der Waals surface area contributed by atoms with Gasteiger partial charge in [-0.15, -0.1) is 0 Å². The lowest BCUT2D eigenvalue weighted by molar-refractivity contribution is 0.660. The van der Waals surface area contributed by atoms with Gasteiger partial charge in [-0.1, -0.05) is 140 Å². The van der Waals surface area contributed by atoms with Crippen LogP contribution in [0.15, 0.2) is 212 Å². The molecule has 0 radical (unpaired) electrons. The minimum atomic E-state index is -0.0364. The number of hydrogen-bond acceptors (Lipinski definition) is 2. The Kier molecular flexibility index (Phi) is 8.94. The molecular formula is C59H47N3. The van der Waals surface area contributed by atoms with E-state index in [0.29, 0.717) is 0 Å². The van der Waals surface area contributed by atoms with Crippen LogP contribution in [0.3, 0.4) is 0 Å². The van der Waals surface area contributed by atoms with Gasteiger partial charge >= 0.3 is 0 Å². The summed E-state index contributed by atoms with van der Waals surface area (Å²) in [6, 6.07) is 77.9. The van der Waals surface area contributed by atoms with Crippen molar-refractivity contribution in [1.82, 2.24) is 4.57 Å². The van der Waals surface area contributed by atoms with E-state index in [2.05, 4.69) is 254 Å². The molecule has 0 bridgehead atoms. The molecule has 1 aliphatic carbocycles. The SMILES string of the molecule is Cc1ccc(N(c2ccc(-c3ccc(N(c4ccc(C)cc4)c4ccc5c(c4)c4ccccc4n5-c4ccccc4)cc3)cc2)c2ccc3c(c2)-c2ccccc2C3(C)C)cc1. The molecule has 298 valence electrons. The number of anilines is 6. The summed E-state index contributed by atoms with van der Waals surface area (Å²) in [5.41, 5.74) is 20.5. The number of benzene rings is 9. The number of aromatic nitrogens is 1. The van der Waals surface area contributed by atoms with E-state index in [1.807, 2.05) is 0 Å². The first-order valence-corrected chi connectivity index (χ1v) is 21.6. The second-order valence-electron chi connectivity index (χ2n) is 17.2. The van der Waals surface area contributed by atoms with Gasteiger partial charge in [0.15, 0.2) is 0 Å². The third-order valence-corrected chi connectivity index (χ3v) is 12.9. The van der Waals surface area contributed by atoms with Crippen molar-refractivity contribution < 1.29 is 0 Å². The molecule has 62 heavy (non-hydrogen) atoms. The van der Waals surface area contributed by atoms with Gasteiger partial charge in [-0.05, 0) is 144 Å². The first kappa shape index (κ1) is 37.4. The Labute approximate surface area is 364 Å². The van der Waals surface area contributed by atoms with Crippen LogP contribution in [-0.4, -0.2) is 4.57 Å². The van der Waals surface area contributed by atoms with Gasteiger partial charge in [-0.25, -0.2) is 0 Å². The van der Waals surface area contributed by atoms with E-state index in [4.69, 9.17) is 0 Å². The van der Waals surface area contributed by atoms with E-state index >= 15 is 0 Å². The van der Waals surface area contributed by atoms with Crippen LogP contribution in [0.25, 0.3) is 49.7 Å². The van der Waals surface area contributed by atoms with Crippen LogP contribution in [0.2, 0.25) is 0 Å². The van der Waals surface area contributed by atoms with Gasteiger partial charge in [-0.2, -0.15) is 0 Å². The zero-order valence-electron chi connectivity index (χ0n) is 35.5. The van der Waals surface area contributed by atoms with Crippen LogP contribution in [0, 0.1) is 13.8 Å². The molecule has 0 amide bonds. The molecule has 0 unspecified atom stereocenters. The lowest BCUT2D eigenvalue weighted by Gasteiger charge is -2.27. The van der Waals surface area contributed by atoms with Gasteiger partial charge in [0.1, 0.15) is 0 Å². The Morgan fingerprint density at radius 2 is 0.806 bits per heavy atom. The lowest BCUT2D eigenvalue weighted by atomic mass is 9.82. The Balaban J connectivity index is 0.954. The molecular weight excluding hydrogens is 751 g/mol. The largest absolute Gasteiger partial charge is 0.310 e. The maximum atomic E-state index is 2.38. The van der Waals surface area contributed by atoms with E-state index in [1.165, 1.54) is 66.3 Å². The molecule has 1 heterocycles. The molecule has 3 heteroatoms. The van der Waals surface area contributed by atoms with E-state index in [0.717, 1.165) is 39.8 Å². The summed E-state index contributed by atoms with van der Waals surface area (Å²) >= 11 is 0. The first-order valence-electron chi connectivity index (χ1n) is 21.6. The maximum Gasteiger partial charge on any atom is 0.0542 e. The normalized spacial score (nSPS) is 12.6. The van der Waals surface area contributed by atoms with Crippen molar-refractivity contribution in [2.45, 2.75) is 33.1 Å². The molecule has 11 rings (SSSR count). The van der Waals surface area contributed by atoms with Crippen molar-refractivity contribution >= 4 is 55.9 Å². The van der Waals surface area contributed by atoms with Gasteiger partial charge in [0.25, 0.3) is 0 Å². The molecule has 0 saturated carbocycles. The molecule has 0 N–H and O–H groups in total. The van der Waals surface area contributed by atoms with Crippen molar-refractivity contribution in [3.05, 3.63) is 235 Å². The molecule has 0 spiro atoms. The molecule has 10 aromatic rings. The smallest absolute Gasteiger partial charge is 0.0542 e. The Morgan fingerprint density at radius 3 is 1.42 bits per heavy atom. The van der Waals surface area contributed by atoms with Crippen LogP contribution >= 0.6 is 0 Å². The van der Waals surface area contributed by atoms with E-state index in [-0.39, 0.29) is 5.41 Å². The predicted octanol–water partition coefficient (Wildman–Crippen LogP) is 16.3. The van der Waals surface area contributed by atoms with Crippen LogP contribution < -0.4 is 9.80 Å². The fraction of sp³-hybridized carbons (Fsp3) is 0.0847. The van der Waals surface area contributed by atoms with Crippen molar-refractivity contribution in [3.63, 3.8) is 0 Å². The van der Waals surface area contributed by atoms with Crippen LogP contribution in [0.5, 0.6) is 0 Å². The van der Waals surface area contributed by atoms with Crippen LogP contribution in [0.1, 0.15) is 36.1 Å². The highest BCUT2D eigenvalue weighted by Gasteiger charge is 2.35. The molecule has 0 aliphatic heterocycles. The average Bonchev–Trinajstić information content (AvgIpc) is 3.76. The topological polar surface area (TPSA) is 11.4 Å². The zero-order chi connectivity index (χ0) is 42.0. The molecule has 9 aromatic carbocycles. The highest BCUT2D eigenvalue weighted by molar-refractivity contribution is 6.10. The predicted molar refractivity (Wildman–Crippen MR) is 263 cm³/mol. The van der Waals surface area contributed by atoms with E-state index in [9.17, 15) is 0 Å². The molecule has 0 atom stereocenters. The minimum absolute atomic E-state index is 0.0364. The second kappa shape index (κ2) is 14.8. The van der Waals surface area contributed by atoms with Gasteiger partial charge in [-0.3, -0.25) is 0 Å². The first-order chi connectivity index (χ1) is 30.3. The average molecular weight is 798 g/mol. The quantitative estimate of drug-likeness (QED) is 0.152. The van der Waals surface area contributed by atoms with Gasteiger partial charge in [0, 0.05) is 56.0 Å². The van der Waals surface area contributed by atoms with E-state index < -0.39 is 0 Å². The third kappa shape index (κ3) is 6.28. The summed E-state index contributed by atoms with van der Waals surface area (Å²) in [4.78, 5) is 4.75. The van der Waals surface area contributed by atoms with Crippen LogP contribution in [0.4, 0.5) is 34.1 Å². The Hall–Kier alpha value is -7.62. The highest BCUT2D eigenvalue weighted by atomic mass is 15.1. The number of hydrogen-bond donors (Lipinski definition) is 0. The van der Waals surface area contributed by atoms with Crippen molar-refractivity contribution in [2.75, 3.05) is 9.80 Å². The lowest BCUT2D eigenvalue weighted by Crippen LogP contribution is -2.15. The molecule has 0 fully saturated rings. The maximum absolute atomic E-state index is 2.38. The Bertz CT molecular complexity index is 3250. The number of fused-ring (bicyclic) bond motifs is 6. The fourth-order valence-corrected chi connectivity index (χ4v) is 9.69. The summed E-state index contributed by atoms with van der Waals surface area (Å²) in [6.45, 7) is 8.97. The van der Waals surface area contributed by atoms with Crippen molar-refractivity contribution in [2.24, 2.45) is 0 Å². The number of para-hydroxylation sites is 2. The third-order valence-electron chi connectivity index (χ3n) is 12.9. The Morgan fingerprint density at radius 1 is 0.355 bits per heavy atom. The molecule has 0 saturated heterocycles. The van der Waals surface area contributed by atoms with Crippen LogP contribution in [-0.2, 0) is 5.41 Å². The second-order valence-corrected chi connectivity index (χ2v) is 17.2. The zero-order valence-corrected chi connectivity index (χ0v) is 35.5. The highest BCUT2D eigenvalue weighted by Crippen LogP contribution is 2.51. The van der Waals surface area contributed by atoms with Crippen molar-refractivity contribution in [1.29, 1.82) is 0 Å². The molecule has 1 aliphatic rings. The summed E-state index contributed by atoms with van der Waals surface area (Å²) < 4.78 is 2.37. The summed E-state index contributed by atoms with van der Waals surface area (Å²) in [7, 11) is 0. The summed E-state index contributed by atoms with van der Waals surface area (Å²) in [5.74, 6) is 0. The van der Waals surface area contributed by atoms with Gasteiger partial charge in [0.05, 0.1) is 11.0 Å². The number of rotatable bonds is 8. The summed E-state index contributed by atoms with van der Waals surface area (Å²) in [5, 5.41) is 2.46. The molecule has 1 aromatic heterocycles. The van der Waals surface area contributed by atoms with E-state index in [1.54, 1.807) is 0 Å².